The van der Waals surface area contributed by atoms with Crippen molar-refractivity contribution in [3.8, 4) is 0 Å². The van der Waals surface area contributed by atoms with E-state index in [0.717, 1.165) is 23.8 Å². The quantitative estimate of drug-likeness (QED) is 0.903. The van der Waals surface area contributed by atoms with Gasteiger partial charge in [-0.25, -0.2) is 4.98 Å². The molecule has 0 spiro atoms. The zero-order valence-corrected chi connectivity index (χ0v) is 12.6. The van der Waals surface area contributed by atoms with Crippen LogP contribution in [0.5, 0.6) is 0 Å². The minimum atomic E-state index is -4.07. The van der Waals surface area contributed by atoms with Crippen molar-refractivity contribution >= 4 is 11.3 Å². The molecule has 2 aliphatic rings. The fraction of sp³-hybridized carbons (Fsp3) is 0.786. The Morgan fingerprint density at radius 3 is 2.86 bits per heavy atom. The molecular weight excluding hydrogens is 299 g/mol. The van der Waals surface area contributed by atoms with Gasteiger partial charge in [0, 0.05) is 31.1 Å². The van der Waals surface area contributed by atoms with E-state index >= 15 is 0 Å². The second kappa shape index (κ2) is 6.22. The Labute approximate surface area is 126 Å². The fourth-order valence-corrected chi connectivity index (χ4v) is 3.45. The van der Waals surface area contributed by atoms with Gasteiger partial charge in [0.2, 0.25) is 0 Å². The van der Waals surface area contributed by atoms with E-state index in [-0.39, 0.29) is 13.0 Å². The van der Waals surface area contributed by atoms with Crippen LogP contribution in [0.25, 0.3) is 0 Å². The van der Waals surface area contributed by atoms with Crippen LogP contribution in [0.15, 0.2) is 5.38 Å². The topological polar surface area (TPSA) is 28.2 Å². The van der Waals surface area contributed by atoms with E-state index in [1.807, 2.05) is 10.3 Å². The van der Waals surface area contributed by atoms with Crippen molar-refractivity contribution < 1.29 is 13.2 Å². The molecule has 2 heterocycles. The second-order valence-electron chi connectivity index (χ2n) is 6.00. The van der Waals surface area contributed by atoms with Crippen molar-refractivity contribution in [2.24, 2.45) is 5.92 Å². The first-order chi connectivity index (χ1) is 10.0. The summed E-state index contributed by atoms with van der Waals surface area (Å²) in [5, 5.41) is 6.40. The molecule has 0 radical (unpaired) electrons. The monoisotopic (exact) mass is 319 g/mol. The van der Waals surface area contributed by atoms with E-state index in [1.165, 1.54) is 12.8 Å². The van der Waals surface area contributed by atoms with Gasteiger partial charge in [-0.3, -0.25) is 4.90 Å². The molecule has 2 fully saturated rings. The minimum Gasteiger partial charge on any atom is -0.308 e. The third kappa shape index (κ3) is 4.40. The highest BCUT2D eigenvalue weighted by Crippen LogP contribution is 2.33. The molecule has 21 heavy (non-hydrogen) atoms. The molecule has 1 saturated heterocycles. The van der Waals surface area contributed by atoms with Gasteiger partial charge in [-0.2, -0.15) is 13.2 Å². The van der Waals surface area contributed by atoms with Crippen LogP contribution in [0.4, 0.5) is 13.2 Å². The Bertz CT molecular complexity index is 470. The highest BCUT2D eigenvalue weighted by molar-refractivity contribution is 7.09. The third-order valence-electron chi connectivity index (χ3n) is 4.07. The molecule has 7 heteroatoms. The molecule has 1 atom stereocenters. The highest BCUT2D eigenvalue weighted by Gasteiger charge is 2.41. The SMILES string of the molecule is FC(F)(F)C1CCCN(Cc2csc(CNC3CC3)n2)C1. The van der Waals surface area contributed by atoms with Crippen molar-refractivity contribution in [1.29, 1.82) is 0 Å². The molecule has 118 valence electrons. The number of halogens is 3. The summed E-state index contributed by atoms with van der Waals surface area (Å²) in [6.07, 6.45) is -0.714. The third-order valence-corrected chi connectivity index (χ3v) is 4.97. The van der Waals surface area contributed by atoms with Gasteiger partial charge >= 0.3 is 6.18 Å². The average Bonchev–Trinajstić information content (AvgIpc) is 3.16. The van der Waals surface area contributed by atoms with Crippen LogP contribution in [0.1, 0.15) is 36.4 Å². The molecule has 1 aliphatic heterocycles. The Morgan fingerprint density at radius 2 is 2.14 bits per heavy atom. The number of hydrogen-bond donors (Lipinski definition) is 1. The largest absolute Gasteiger partial charge is 0.393 e. The molecule has 1 unspecified atom stereocenters. The molecule has 1 aliphatic carbocycles. The fourth-order valence-electron chi connectivity index (χ4n) is 2.72. The number of rotatable bonds is 5. The number of hydrogen-bond acceptors (Lipinski definition) is 4. The molecule has 3 rings (SSSR count). The van der Waals surface area contributed by atoms with Crippen molar-refractivity contribution in [3.63, 3.8) is 0 Å². The van der Waals surface area contributed by atoms with Crippen molar-refractivity contribution in [1.82, 2.24) is 15.2 Å². The Morgan fingerprint density at radius 1 is 1.33 bits per heavy atom. The summed E-state index contributed by atoms with van der Waals surface area (Å²) >= 11 is 1.59. The number of likely N-dealkylation sites (tertiary alicyclic amines) is 1. The zero-order valence-electron chi connectivity index (χ0n) is 11.8. The minimum absolute atomic E-state index is 0.108. The van der Waals surface area contributed by atoms with Crippen LogP contribution in [-0.2, 0) is 13.1 Å². The predicted octanol–water partition coefficient (Wildman–Crippen LogP) is 3.17. The first-order valence-corrected chi connectivity index (χ1v) is 8.34. The van der Waals surface area contributed by atoms with E-state index in [0.29, 0.717) is 19.0 Å². The van der Waals surface area contributed by atoms with Gasteiger partial charge in [0.1, 0.15) is 5.01 Å². The lowest BCUT2D eigenvalue weighted by Crippen LogP contribution is -2.41. The lowest BCUT2D eigenvalue weighted by Gasteiger charge is -2.33. The molecule has 1 saturated carbocycles. The van der Waals surface area contributed by atoms with Crippen molar-refractivity contribution in [2.45, 2.75) is 51.0 Å². The molecule has 0 bridgehead atoms. The van der Waals surface area contributed by atoms with Crippen LogP contribution < -0.4 is 5.32 Å². The van der Waals surface area contributed by atoms with Gasteiger partial charge in [-0.15, -0.1) is 11.3 Å². The van der Waals surface area contributed by atoms with Crippen LogP contribution in [0, 0.1) is 5.92 Å². The molecule has 1 aromatic heterocycles. The maximum absolute atomic E-state index is 12.8. The smallest absolute Gasteiger partial charge is 0.308 e. The predicted molar refractivity (Wildman–Crippen MR) is 76.0 cm³/mol. The first-order valence-electron chi connectivity index (χ1n) is 7.46. The number of aromatic nitrogens is 1. The average molecular weight is 319 g/mol. The normalized spacial score (nSPS) is 24.4. The summed E-state index contributed by atoms with van der Waals surface area (Å²) in [6, 6.07) is 0.645. The van der Waals surface area contributed by atoms with Crippen LogP contribution in [-0.4, -0.2) is 35.2 Å². The molecule has 1 N–H and O–H groups in total. The van der Waals surface area contributed by atoms with Crippen LogP contribution in [0.3, 0.4) is 0 Å². The number of alkyl halides is 3. The summed E-state index contributed by atoms with van der Waals surface area (Å²) in [5.41, 5.74) is 0.899. The molecule has 1 aromatic rings. The van der Waals surface area contributed by atoms with Crippen molar-refractivity contribution in [2.75, 3.05) is 13.1 Å². The van der Waals surface area contributed by atoms with E-state index in [2.05, 4.69) is 10.3 Å². The number of piperidine rings is 1. The molecule has 0 aromatic carbocycles. The van der Waals surface area contributed by atoms with Gasteiger partial charge in [0.05, 0.1) is 11.6 Å². The Kier molecular flexibility index (Phi) is 4.51. The summed E-state index contributed by atoms with van der Waals surface area (Å²) in [5.74, 6) is -1.18. The molecular formula is C14H20F3N3S. The highest BCUT2D eigenvalue weighted by atomic mass is 32.1. The standard InChI is InChI=1S/C14H20F3N3S/c15-14(16,17)10-2-1-5-20(7-10)8-12-9-21-13(19-12)6-18-11-3-4-11/h9-11,18H,1-8H2. The summed E-state index contributed by atoms with van der Waals surface area (Å²) < 4.78 is 38.4. The maximum Gasteiger partial charge on any atom is 0.393 e. The van der Waals surface area contributed by atoms with Gasteiger partial charge in [0.15, 0.2) is 0 Å². The lowest BCUT2D eigenvalue weighted by molar-refractivity contribution is -0.187. The second-order valence-corrected chi connectivity index (χ2v) is 6.95. The van der Waals surface area contributed by atoms with E-state index in [9.17, 15) is 13.2 Å². The Balaban J connectivity index is 1.50. The van der Waals surface area contributed by atoms with E-state index in [4.69, 9.17) is 0 Å². The zero-order chi connectivity index (χ0) is 14.9. The maximum atomic E-state index is 12.8. The van der Waals surface area contributed by atoms with E-state index in [1.54, 1.807) is 11.3 Å². The summed E-state index contributed by atoms with van der Waals surface area (Å²) in [6.45, 7) is 2.16. The van der Waals surface area contributed by atoms with Gasteiger partial charge in [-0.05, 0) is 32.2 Å². The summed E-state index contributed by atoms with van der Waals surface area (Å²) in [4.78, 5) is 6.41. The van der Waals surface area contributed by atoms with Gasteiger partial charge in [0.25, 0.3) is 0 Å². The van der Waals surface area contributed by atoms with Crippen LogP contribution in [0.2, 0.25) is 0 Å². The molecule has 3 nitrogen and oxygen atoms in total. The number of nitrogens with zero attached hydrogens (tertiary/aromatic N) is 2. The van der Waals surface area contributed by atoms with E-state index < -0.39 is 12.1 Å². The summed E-state index contributed by atoms with van der Waals surface area (Å²) in [7, 11) is 0. The molecule has 0 amide bonds. The lowest BCUT2D eigenvalue weighted by atomic mass is 9.97. The number of thiazole rings is 1. The van der Waals surface area contributed by atoms with Crippen molar-refractivity contribution in [3.05, 3.63) is 16.1 Å². The number of nitrogens with one attached hydrogen (secondary N) is 1. The van der Waals surface area contributed by atoms with Crippen LogP contribution >= 0.6 is 11.3 Å². The first kappa shape index (κ1) is 15.2. The Hall–Kier alpha value is -0.660. The van der Waals surface area contributed by atoms with Gasteiger partial charge < -0.3 is 5.32 Å². The van der Waals surface area contributed by atoms with Gasteiger partial charge in [-0.1, -0.05) is 0 Å².